The lowest BCUT2D eigenvalue weighted by Gasteiger charge is -2.34. The lowest BCUT2D eigenvalue weighted by atomic mass is 9.84. The standard InChI is InChI=1S/C21H23N5/c22-19-9-3-8-18(25-19)20(16-6-4-10-23-14-16)21(26-12-1-2-13-26)17-7-5-11-24-15-17/h3-11,14-15,20-21H,1-2,12-13H2,(H2,22,25). The van der Waals surface area contributed by atoms with Crippen molar-refractivity contribution in [2.45, 2.75) is 24.8 Å². The average Bonchev–Trinajstić information content (AvgIpc) is 3.21. The second-order valence-electron chi connectivity index (χ2n) is 6.73. The summed E-state index contributed by atoms with van der Waals surface area (Å²) >= 11 is 0. The second kappa shape index (κ2) is 7.62. The Morgan fingerprint density at radius 1 is 0.846 bits per heavy atom. The first kappa shape index (κ1) is 16.7. The monoisotopic (exact) mass is 345 g/mol. The highest BCUT2D eigenvalue weighted by Gasteiger charge is 2.34. The van der Waals surface area contributed by atoms with Gasteiger partial charge in [0.25, 0.3) is 0 Å². The highest BCUT2D eigenvalue weighted by atomic mass is 15.2. The van der Waals surface area contributed by atoms with Crippen molar-refractivity contribution < 1.29 is 0 Å². The third kappa shape index (κ3) is 3.44. The lowest BCUT2D eigenvalue weighted by Crippen LogP contribution is -2.31. The van der Waals surface area contributed by atoms with Gasteiger partial charge in [-0.1, -0.05) is 18.2 Å². The van der Waals surface area contributed by atoms with Crippen LogP contribution in [0.4, 0.5) is 5.82 Å². The van der Waals surface area contributed by atoms with Crippen LogP contribution >= 0.6 is 0 Å². The van der Waals surface area contributed by atoms with Gasteiger partial charge >= 0.3 is 0 Å². The van der Waals surface area contributed by atoms with Crippen molar-refractivity contribution in [1.82, 2.24) is 19.9 Å². The minimum Gasteiger partial charge on any atom is -0.384 e. The van der Waals surface area contributed by atoms with Crippen LogP contribution in [0.5, 0.6) is 0 Å². The average molecular weight is 345 g/mol. The predicted octanol–water partition coefficient (Wildman–Crippen LogP) is 3.42. The van der Waals surface area contributed by atoms with Gasteiger partial charge in [0.1, 0.15) is 5.82 Å². The van der Waals surface area contributed by atoms with Gasteiger partial charge < -0.3 is 5.73 Å². The normalized spacial score (nSPS) is 17.1. The number of nitrogens with zero attached hydrogens (tertiary/aromatic N) is 4. The Morgan fingerprint density at radius 3 is 2.15 bits per heavy atom. The van der Waals surface area contributed by atoms with Crippen LogP contribution in [-0.4, -0.2) is 32.9 Å². The van der Waals surface area contributed by atoms with Gasteiger partial charge in [0.15, 0.2) is 0 Å². The summed E-state index contributed by atoms with van der Waals surface area (Å²) in [5.74, 6) is 0.595. The molecule has 4 rings (SSSR count). The molecule has 0 aliphatic carbocycles. The van der Waals surface area contributed by atoms with Crippen LogP contribution in [0.3, 0.4) is 0 Å². The molecule has 0 spiro atoms. The molecule has 0 aromatic carbocycles. The maximum absolute atomic E-state index is 6.01. The molecule has 1 aliphatic heterocycles. The summed E-state index contributed by atoms with van der Waals surface area (Å²) in [4.78, 5) is 16.0. The van der Waals surface area contributed by atoms with E-state index in [-0.39, 0.29) is 12.0 Å². The molecule has 1 saturated heterocycles. The number of hydrogen-bond acceptors (Lipinski definition) is 5. The van der Waals surface area contributed by atoms with E-state index in [1.807, 2.05) is 49.1 Å². The van der Waals surface area contributed by atoms with E-state index in [9.17, 15) is 0 Å². The van der Waals surface area contributed by atoms with E-state index >= 15 is 0 Å². The largest absolute Gasteiger partial charge is 0.384 e. The summed E-state index contributed by atoms with van der Waals surface area (Å²) in [6.45, 7) is 2.16. The minimum absolute atomic E-state index is 0.0505. The molecule has 5 heteroatoms. The van der Waals surface area contributed by atoms with E-state index < -0.39 is 0 Å². The van der Waals surface area contributed by atoms with Crippen molar-refractivity contribution in [3.8, 4) is 0 Å². The molecule has 2 N–H and O–H groups in total. The Morgan fingerprint density at radius 2 is 1.54 bits per heavy atom. The fourth-order valence-electron chi connectivity index (χ4n) is 3.90. The molecule has 3 aromatic heterocycles. The number of likely N-dealkylation sites (tertiary alicyclic amines) is 1. The SMILES string of the molecule is Nc1cccc(C(c2cccnc2)C(c2cccnc2)N2CCCC2)n1. The van der Waals surface area contributed by atoms with Gasteiger partial charge in [-0.05, 0) is 61.3 Å². The molecule has 0 saturated carbocycles. The van der Waals surface area contributed by atoms with Gasteiger partial charge in [0.05, 0.1) is 5.69 Å². The van der Waals surface area contributed by atoms with Gasteiger partial charge in [-0.3, -0.25) is 14.9 Å². The molecule has 1 fully saturated rings. The van der Waals surface area contributed by atoms with E-state index in [0.717, 1.165) is 24.3 Å². The van der Waals surface area contributed by atoms with Crippen molar-refractivity contribution in [3.63, 3.8) is 0 Å². The van der Waals surface area contributed by atoms with Crippen LogP contribution in [0.15, 0.2) is 67.3 Å². The number of pyridine rings is 3. The summed E-state index contributed by atoms with van der Waals surface area (Å²) in [5.41, 5.74) is 9.33. The second-order valence-corrected chi connectivity index (χ2v) is 6.73. The summed E-state index contributed by atoms with van der Waals surface area (Å²) in [7, 11) is 0. The Kier molecular flexibility index (Phi) is 4.88. The molecule has 2 unspecified atom stereocenters. The molecule has 132 valence electrons. The van der Waals surface area contributed by atoms with Gasteiger partial charge in [0, 0.05) is 36.7 Å². The Hall–Kier alpha value is -2.79. The lowest BCUT2D eigenvalue weighted by molar-refractivity contribution is 0.223. The molecule has 0 amide bonds. The van der Waals surface area contributed by atoms with Gasteiger partial charge in [-0.15, -0.1) is 0 Å². The minimum atomic E-state index is 0.0505. The fraction of sp³-hybridized carbons (Fsp3) is 0.286. The van der Waals surface area contributed by atoms with Crippen LogP contribution in [0, 0.1) is 0 Å². The number of aromatic nitrogens is 3. The topological polar surface area (TPSA) is 67.9 Å². The smallest absolute Gasteiger partial charge is 0.123 e. The number of anilines is 1. The van der Waals surface area contributed by atoms with Crippen LogP contribution in [0.2, 0.25) is 0 Å². The highest BCUT2D eigenvalue weighted by molar-refractivity contribution is 5.37. The van der Waals surface area contributed by atoms with Crippen molar-refractivity contribution in [2.24, 2.45) is 0 Å². The van der Waals surface area contributed by atoms with E-state index in [2.05, 4.69) is 38.1 Å². The zero-order valence-corrected chi connectivity index (χ0v) is 14.7. The Labute approximate surface area is 153 Å². The number of nitrogens with two attached hydrogens (primary N) is 1. The summed E-state index contributed by atoms with van der Waals surface area (Å²) in [6, 6.07) is 14.3. The van der Waals surface area contributed by atoms with E-state index in [4.69, 9.17) is 5.73 Å². The van der Waals surface area contributed by atoms with Crippen molar-refractivity contribution in [3.05, 3.63) is 84.1 Å². The zero-order valence-electron chi connectivity index (χ0n) is 14.7. The quantitative estimate of drug-likeness (QED) is 0.767. The first-order chi connectivity index (χ1) is 12.8. The first-order valence-corrected chi connectivity index (χ1v) is 9.09. The fourth-order valence-corrected chi connectivity index (χ4v) is 3.90. The Bertz CT molecular complexity index is 831. The molecule has 26 heavy (non-hydrogen) atoms. The van der Waals surface area contributed by atoms with Crippen LogP contribution in [0.25, 0.3) is 0 Å². The van der Waals surface area contributed by atoms with Crippen molar-refractivity contribution in [1.29, 1.82) is 0 Å². The molecule has 0 radical (unpaired) electrons. The molecular weight excluding hydrogens is 322 g/mol. The van der Waals surface area contributed by atoms with Gasteiger partial charge in [0.2, 0.25) is 0 Å². The Balaban J connectivity index is 1.86. The number of rotatable bonds is 5. The van der Waals surface area contributed by atoms with Crippen molar-refractivity contribution >= 4 is 5.82 Å². The molecule has 3 aromatic rings. The third-order valence-electron chi connectivity index (χ3n) is 5.03. The third-order valence-corrected chi connectivity index (χ3v) is 5.03. The van der Waals surface area contributed by atoms with Gasteiger partial charge in [-0.2, -0.15) is 0 Å². The molecule has 0 bridgehead atoms. The number of nitrogen functional groups attached to an aromatic ring is 1. The zero-order chi connectivity index (χ0) is 17.8. The maximum atomic E-state index is 6.01. The van der Waals surface area contributed by atoms with Crippen LogP contribution in [-0.2, 0) is 0 Å². The number of hydrogen-bond donors (Lipinski definition) is 1. The summed E-state index contributed by atoms with van der Waals surface area (Å²) < 4.78 is 0. The van der Waals surface area contributed by atoms with E-state index in [1.165, 1.54) is 18.4 Å². The molecular formula is C21H23N5. The summed E-state index contributed by atoms with van der Waals surface area (Å²) in [6.07, 6.45) is 9.99. The predicted molar refractivity (Wildman–Crippen MR) is 103 cm³/mol. The maximum Gasteiger partial charge on any atom is 0.123 e. The van der Waals surface area contributed by atoms with Crippen LogP contribution < -0.4 is 5.73 Å². The van der Waals surface area contributed by atoms with Gasteiger partial charge in [-0.25, -0.2) is 4.98 Å². The highest BCUT2D eigenvalue weighted by Crippen LogP contribution is 2.41. The van der Waals surface area contributed by atoms with Crippen molar-refractivity contribution in [2.75, 3.05) is 18.8 Å². The van der Waals surface area contributed by atoms with Crippen LogP contribution in [0.1, 0.15) is 41.6 Å². The van der Waals surface area contributed by atoms with E-state index in [1.54, 1.807) is 0 Å². The summed E-state index contributed by atoms with van der Waals surface area (Å²) in [5, 5.41) is 0. The molecule has 5 nitrogen and oxygen atoms in total. The molecule has 1 aliphatic rings. The molecule has 4 heterocycles. The first-order valence-electron chi connectivity index (χ1n) is 9.09. The van der Waals surface area contributed by atoms with E-state index in [0.29, 0.717) is 5.82 Å². The molecule has 2 atom stereocenters.